The number of rotatable bonds is 2. The first-order valence-electron chi connectivity index (χ1n) is 5.15. The Kier molecular flexibility index (Phi) is 3.11. The Bertz CT molecular complexity index is 526. The number of nitrogens with one attached hydrogen (secondary N) is 1. The lowest BCUT2D eigenvalue weighted by Crippen LogP contribution is -1.92. The first kappa shape index (κ1) is 11.0. The van der Waals surface area contributed by atoms with E-state index in [9.17, 15) is 0 Å². The minimum atomic E-state index is 0.649. The Labute approximate surface area is 100.0 Å². The molecule has 0 radical (unpaired) electrons. The number of aromatic amines is 1. The van der Waals surface area contributed by atoms with Gasteiger partial charge >= 0.3 is 0 Å². The summed E-state index contributed by atoms with van der Waals surface area (Å²) in [5.41, 5.74) is 4.36. The molecule has 82 valence electrons. The zero-order valence-corrected chi connectivity index (χ0v) is 10.0. The van der Waals surface area contributed by atoms with Gasteiger partial charge in [-0.15, -0.1) is 0 Å². The number of nitrogens with zero attached hydrogens (tertiary/aromatic N) is 1. The van der Waals surface area contributed by atoms with Crippen LogP contribution in [0.5, 0.6) is 0 Å². The third-order valence-electron chi connectivity index (χ3n) is 2.59. The fourth-order valence-corrected chi connectivity index (χ4v) is 1.96. The Morgan fingerprint density at radius 3 is 2.69 bits per heavy atom. The molecule has 0 aliphatic rings. The second-order valence-corrected chi connectivity index (χ2v) is 4.02. The molecule has 1 aromatic carbocycles. The zero-order chi connectivity index (χ0) is 11.5. The summed E-state index contributed by atoms with van der Waals surface area (Å²) >= 11 is 6.08. The van der Waals surface area contributed by atoms with E-state index in [0.717, 1.165) is 11.3 Å². The summed E-state index contributed by atoms with van der Waals surface area (Å²) in [6.07, 6.45) is 3.67. The fraction of sp³-hybridized carbons (Fsp3) is 0.154. The van der Waals surface area contributed by atoms with E-state index >= 15 is 0 Å². The van der Waals surface area contributed by atoms with Crippen molar-refractivity contribution in [2.75, 3.05) is 0 Å². The smallest absolute Gasteiger partial charge is 0.0863 e. The van der Waals surface area contributed by atoms with Gasteiger partial charge in [0.15, 0.2) is 0 Å². The number of halogens is 1. The van der Waals surface area contributed by atoms with Crippen molar-refractivity contribution in [3.63, 3.8) is 0 Å². The van der Waals surface area contributed by atoms with Crippen LogP contribution in [0, 0.1) is 6.92 Å². The standard InChI is InChI=1S/C13H13ClN2/c1-3-10(13-12(14)8-15-16-13)11-7-5-4-6-9(11)2/h3-8H,1-2H3,(H,15,16). The monoisotopic (exact) mass is 232 g/mol. The summed E-state index contributed by atoms with van der Waals surface area (Å²) in [5.74, 6) is 0. The normalized spacial score (nSPS) is 11.8. The lowest BCUT2D eigenvalue weighted by atomic mass is 9.98. The summed E-state index contributed by atoms with van der Waals surface area (Å²) in [7, 11) is 0. The van der Waals surface area contributed by atoms with Crippen LogP contribution in [-0.4, -0.2) is 10.2 Å². The molecule has 0 saturated heterocycles. The van der Waals surface area contributed by atoms with E-state index < -0.39 is 0 Å². The van der Waals surface area contributed by atoms with E-state index in [1.807, 2.05) is 25.1 Å². The maximum absolute atomic E-state index is 6.08. The van der Waals surface area contributed by atoms with Crippen LogP contribution in [0.1, 0.15) is 23.7 Å². The summed E-state index contributed by atoms with van der Waals surface area (Å²) in [6, 6.07) is 8.22. The average molecular weight is 233 g/mol. The number of aryl methyl sites for hydroxylation is 1. The van der Waals surface area contributed by atoms with Crippen LogP contribution in [0.4, 0.5) is 0 Å². The molecule has 0 fully saturated rings. The van der Waals surface area contributed by atoms with Crippen LogP contribution in [0.15, 0.2) is 36.5 Å². The third kappa shape index (κ3) is 1.89. The summed E-state index contributed by atoms with van der Waals surface area (Å²) in [5, 5.41) is 7.53. The maximum Gasteiger partial charge on any atom is 0.0863 e. The molecule has 0 bridgehead atoms. The average Bonchev–Trinajstić information content (AvgIpc) is 2.69. The fourth-order valence-electron chi connectivity index (χ4n) is 1.77. The van der Waals surface area contributed by atoms with Crippen LogP contribution in [0.3, 0.4) is 0 Å². The molecule has 0 saturated carbocycles. The van der Waals surface area contributed by atoms with Crippen molar-refractivity contribution >= 4 is 17.2 Å². The summed E-state index contributed by atoms with van der Waals surface area (Å²) in [6.45, 7) is 4.09. The molecule has 2 aromatic rings. The first-order valence-corrected chi connectivity index (χ1v) is 5.53. The molecule has 2 rings (SSSR count). The molecule has 0 unspecified atom stereocenters. The van der Waals surface area contributed by atoms with E-state index in [0.29, 0.717) is 5.02 Å². The van der Waals surface area contributed by atoms with E-state index in [1.54, 1.807) is 6.20 Å². The van der Waals surface area contributed by atoms with Crippen molar-refractivity contribution in [3.8, 4) is 0 Å². The van der Waals surface area contributed by atoms with Crippen LogP contribution >= 0.6 is 11.6 Å². The molecule has 1 aromatic heterocycles. The second-order valence-electron chi connectivity index (χ2n) is 3.61. The molecule has 1 N–H and O–H groups in total. The Morgan fingerprint density at radius 1 is 1.38 bits per heavy atom. The highest BCUT2D eigenvalue weighted by molar-refractivity contribution is 6.32. The Balaban J connectivity index is 2.55. The van der Waals surface area contributed by atoms with Gasteiger partial charge in [0.1, 0.15) is 0 Å². The van der Waals surface area contributed by atoms with Gasteiger partial charge < -0.3 is 0 Å². The zero-order valence-electron chi connectivity index (χ0n) is 9.29. The predicted molar refractivity (Wildman–Crippen MR) is 67.5 cm³/mol. The van der Waals surface area contributed by atoms with Crippen LogP contribution in [-0.2, 0) is 0 Å². The Hall–Kier alpha value is -1.54. The van der Waals surface area contributed by atoms with Gasteiger partial charge in [-0.1, -0.05) is 41.9 Å². The number of benzene rings is 1. The van der Waals surface area contributed by atoms with Gasteiger partial charge in [0.05, 0.1) is 16.9 Å². The number of hydrogen-bond donors (Lipinski definition) is 1. The van der Waals surface area contributed by atoms with Crippen molar-refractivity contribution in [1.29, 1.82) is 0 Å². The quantitative estimate of drug-likeness (QED) is 0.838. The van der Waals surface area contributed by atoms with Gasteiger partial charge in [-0.3, -0.25) is 5.10 Å². The van der Waals surface area contributed by atoms with Gasteiger partial charge in [0, 0.05) is 5.57 Å². The van der Waals surface area contributed by atoms with Crippen molar-refractivity contribution in [2.45, 2.75) is 13.8 Å². The van der Waals surface area contributed by atoms with E-state index in [-0.39, 0.29) is 0 Å². The molecule has 2 nitrogen and oxygen atoms in total. The summed E-state index contributed by atoms with van der Waals surface area (Å²) in [4.78, 5) is 0. The van der Waals surface area contributed by atoms with Crippen molar-refractivity contribution in [2.24, 2.45) is 0 Å². The first-order chi connectivity index (χ1) is 7.74. The molecule has 1 heterocycles. The highest BCUT2D eigenvalue weighted by Crippen LogP contribution is 2.28. The number of allylic oxidation sites excluding steroid dienone is 1. The highest BCUT2D eigenvalue weighted by Gasteiger charge is 2.11. The van der Waals surface area contributed by atoms with E-state index in [2.05, 4.69) is 29.3 Å². The second kappa shape index (κ2) is 4.54. The molecular weight excluding hydrogens is 220 g/mol. The molecule has 0 amide bonds. The van der Waals surface area contributed by atoms with Gasteiger partial charge in [0.2, 0.25) is 0 Å². The minimum Gasteiger partial charge on any atom is -0.276 e. The number of H-pyrrole nitrogens is 1. The minimum absolute atomic E-state index is 0.649. The van der Waals surface area contributed by atoms with Gasteiger partial charge in [0.25, 0.3) is 0 Å². The van der Waals surface area contributed by atoms with Gasteiger partial charge in [-0.2, -0.15) is 5.10 Å². The lowest BCUT2D eigenvalue weighted by Gasteiger charge is -2.08. The molecule has 0 aliphatic carbocycles. The summed E-state index contributed by atoms with van der Waals surface area (Å²) < 4.78 is 0. The van der Waals surface area contributed by atoms with Crippen molar-refractivity contribution in [1.82, 2.24) is 10.2 Å². The highest BCUT2D eigenvalue weighted by atomic mass is 35.5. The Morgan fingerprint density at radius 2 is 2.12 bits per heavy atom. The molecule has 16 heavy (non-hydrogen) atoms. The van der Waals surface area contributed by atoms with E-state index in [1.165, 1.54) is 11.1 Å². The molecule has 0 spiro atoms. The largest absolute Gasteiger partial charge is 0.276 e. The maximum atomic E-state index is 6.08. The lowest BCUT2D eigenvalue weighted by molar-refractivity contribution is 1.07. The van der Waals surface area contributed by atoms with E-state index in [4.69, 9.17) is 11.6 Å². The van der Waals surface area contributed by atoms with Crippen LogP contribution in [0.2, 0.25) is 5.02 Å². The van der Waals surface area contributed by atoms with Crippen LogP contribution < -0.4 is 0 Å². The SMILES string of the molecule is CC=C(c1ccccc1C)c1[nH]ncc1Cl. The third-order valence-corrected chi connectivity index (χ3v) is 2.87. The molecule has 3 heteroatoms. The topological polar surface area (TPSA) is 28.7 Å². The van der Waals surface area contributed by atoms with Crippen molar-refractivity contribution < 1.29 is 0 Å². The van der Waals surface area contributed by atoms with Gasteiger partial charge in [-0.05, 0) is 25.0 Å². The van der Waals surface area contributed by atoms with Crippen LogP contribution in [0.25, 0.3) is 5.57 Å². The molecule has 0 atom stereocenters. The van der Waals surface area contributed by atoms with Crippen molar-refractivity contribution in [3.05, 3.63) is 58.4 Å². The predicted octanol–water partition coefficient (Wildman–Crippen LogP) is 3.82. The van der Waals surface area contributed by atoms with Gasteiger partial charge in [-0.25, -0.2) is 0 Å². The number of hydrogen-bond acceptors (Lipinski definition) is 1. The molecule has 0 aliphatic heterocycles. The number of aromatic nitrogens is 2. The molecular formula is C13H13ClN2.